The summed E-state index contributed by atoms with van der Waals surface area (Å²) in [5, 5.41) is 4.74. The van der Waals surface area contributed by atoms with E-state index >= 15 is 0 Å². The second kappa shape index (κ2) is 9.09. The topological polar surface area (TPSA) is 78.9 Å². The van der Waals surface area contributed by atoms with Gasteiger partial charge in [0.05, 0.1) is 38.2 Å². The van der Waals surface area contributed by atoms with Gasteiger partial charge in [0, 0.05) is 17.0 Å². The summed E-state index contributed by atoms with van der Waals surface area (Å²) in [5.41, 5.74) is 3.55. The zero-order valence-electron chi connectivity index (χ0n) is 15.7. The summed E-state index contributed by atoms with van der Waals surface area (Å²) < 4.78 is 21.6. The van der Waals surface area contributed by atoms with Gasteiger partial charge in [0.15, 0.2) is 11.5 Å². The number of aromatic nitrogens is 1. The minimum Gasteiger partial charge on any atom is -0.497 e. The van der Waals surface area contributed by atoms with Gasteiger partial charge in [-0.3, -0.25) is 4.79 Å². The van der Waals surface area contributed by atoms with Crippen molar-refractivity contribution in [2.24, 2.45) is 0 Å². The van der Waals surface area contributed by atoms with Crippen LogP contribution in [0, 0.1) is 0 Å². The Labute approximate surface area is 166 Å². The Balaban J connectivity index is 1.75. The van der Waals surface area contributed by atoms with Crippen LogP contribution in [0.4, 0.5) is 5.69 Å². The number of rotatable bonds is 8. The second-order valence-electron chi connectivity index (χ2n) is 5.65. The van der Waals surface area contributed by atoms with Crippen molar-refractivity contribution >= 4 is 22.9 Å². The van der Waals surface area contributed by atoms with Crippen LogP contribution in [-0.4, -0.2) is 32.2 Å². The Bertz CT molecular complexity index is 944. The highest BCUT2D eigenvalue weighted by molar-refractivity contribution is 7.07. The summed E-state index contributed by atoms with van der Waals surface area (Å²) >= 11 is 1.50. The number of thiazole rings is 1. The third kappa shape index (κ3) is 4.52. The van der Waals surface area contributed by atoms with Gasteiger partial charge in [-0.2, -0.15) is 0 Å². The fourth-order valence-electron chi connectivity index (χ4n) is 2.48. The molecule has 1 heterocycles. The molecule has 0 aliphatic carbocycles. The van der Waals surface area contributed by atoms with E-state index in [9.17, 15) is 4.79 Å². The molecule has 0 spiro atoms. The Morgan fingerprint density at radius 2 is 1.82 bits per heavy atom. The van der Waals surface area contributed by atoms with Gasteiger partial charge in [0.1, 0.15) is 18.1 Å². The number of carbonyl (C=O) groups is 1. The first-order valence-electron chi connectivity index (χ1n) is 8.36. The van der Waals surface area contributed by atoms with Crippen LogP contribution in [0.25, 0.3) is 0 Å². The van der Waals surface area contributed by atoms with E-state index < -0.39 is 0 Å². The number of hydrogen-bond donors (Lipinski definition) is 1. The van der Waals surface area contributed by atoms with E-state index in [2.05, 4.69) is 10.3 Å². The Morgan fingerprint density at radius 3 is 2.50 bits per heavy atom. The smallest absolute Gasteiger partial charge is 0.255 e. The Morgan fingerprint density at radius 1 is 1.00 bits per heavy atom. The zero-order chi connectivity index (χ0) is 19.9. The van der Waals surface area contributed by atoms with Crippen molar-refractivity contribution in [1.82, 2.24) is 4.98 Å². The van der Waals surface area contributed by atoms with Gasteiger partial charge in [-0.1, -0.05) is 0 Å². The van der Waals surface area contributed by atoms with E-state index in [0.717, 1.165) is 5.69 Å². The molecule has 0 unspecified atom stereocenters. The maximum absolute atomic E-state index is 12.7. The summed E-state index contributed by atoms with van der Waals surface area (Å²) in [7, 11) is 4.62. The lowest BCUT2D eigenvalue weighted by atomic mass is 10.1. The number of benzene rings is 2. The molecule has 3 aromatic rings. The van der Waals surface area contributed by atoms with Crippen molar-refractivity contribution in [3.63, 3.8) is 0 Å². The van der Waals surface area contributed by atoms with Crippen LogP contribution in [0.15, 0.2) is 47.3 Å². The van der Waals surface area contributed by atoms with Gasteiger partial charge < -0.3 is 24.3 Å². The van der Waals surface area contributed by atoms with Gasteiger partial charge in [0.2, 0.25) is 0 Å². The number of anilines is 1. The first-order chi connectivity index (χ1) is 13.6. The van der Waals surface area contributed by atoms with E-state index in [1.165, 1.54) is 25.6 Å². The minimum absolute atomic E-state index is 0.298. The molecule has 0 aliphatic rings. The summed E-state index contributed by atoms with van der Waals surface area (Å²) in [6, 6.07) is 10.2. The molecule has 0 saturated carbocycles. The molecule has 1 N–H and O–H groups in total. The van der Waals surface area contributed by atoms with Crippen molar-refractivity contribution in [3.05, 3.63) is 58.5 Å². The van der Waals surface area contributed by atoms with Crippen molar-refractivity contribution in [3.8, 4) is 23.0 Å². The highest BCUT2D eigenvalue weighted by Gasteiger charge is 2.14. The quantitative estimate of drug-likeness (QED) is 0.616. The molecule has 8 heteroatoms. The van der Waals surface area contributed by atoms with Crippen LogP contribution < -0.4 is 24.3 Å². The molecule has 3 rings (SSSR count). The number of ether oxygens (including phenoxy) is 4. The molecule has 7 nitrogen and oxygen atoms in total. The van der Waals surface area contributed by atoms with E-state index in [0.29, 0.717) is 40.9 Å². The van der Waals surface area contributed by atoms with Gasteiger partial charge in [0.25, 0.3) is 5.91 Å². The van der Waals surface area contributed by atoms with E-state index in [4.69, 9.17) is 18.9 Å². The molecule has 2 aromatic carbocycles. The molecule has 0 aliphatic heterocycles. The Kier molecular flexibility index (Phi) is 6.33. The number of hydrogen-bond acceptors (Lipinski definition) is 7. The van der Waals surface area contributed by atoms with Gasteiger partial charge >= 0.3 is 0 Å². The number of carbonyl (C=O) groups excluding carboxylic acids is 1. The molecule has 1 aromatic heterocycles. The lowest BCUT2D eigenvalue weighted by molar-refractivity contribution is 0.102. The van der Waals surface area contributed by atoms with Crippen LogP contribution >= 0.6 is 11.3 Å². The van der Waals surface area contributed by atoms with Gasteiger partial charge in [-0.05, 0) is 30.3 Å². The SMILES string of the molecule is COc1ccc(NC(=O)c2ccc(OCc3cscn3)c(OC)c2)c(OC)c1. The standard InChI is InChI=1S/C20H20N2O5S/c1-24-15-5-6-16(18(9-15)25-2)22-20(23)13-4-7-17(19(8-13)26-3)27-10-14-11-28-12-21-14/h4-9,11-12H,10H2,1-3H3,(H,22,23). The molecule has 0 atom stereocenters. The maximum atomic E-state index is 12.7. The summed E-state index contributed by atoms with van der Waals surface area (Å²) in [6.07, 6.45) is 0. The highest BCUT2D eigenvalue weighted by atomic mass is 32.1. The molecule has 0 radical (unpaired) electrons. The maximum Gasteiger partial charge on any atom is 0.255 e. The predicted molar refractivity (Wildman–Crippen MR) is 107 cm³/mol. The largest absolute Gasteiger partial charge is 0.497 e. The van der Waals surface area contributed by atoms with Gasteiger partial charge in [-0.15, -0.1) is 11.3 Å². The average Bonchev–Trinajstić information content (AvgIpc) is 3.26. The highest BCUT2D eigenvalue weighted by Crippen LogP contribution is 2.31. The third-order valence-electron chi connectivity index (χ3n) is 3.94. The summed E-state index contributed by atoms with van der Waals surface area (Å²) in [6.45, 7) is 0.328. The van der Waals surface area contributed by atoms with Crippen molar-refractivity contribution in [2.75, 3.05) is 26.6 Å². The van der Waals surface area contributed by atoms with E-state index in [-0.39, 0.29) is 5.91 Å². The lowest BCUT2D eigenvalue weighted by Crippen LogP contribution is -2.13. The van der Waals surface area contributed by atoms with Crippen molar-refractivity contribution < 1.29 is 23.7 Å². The lowest BCUT2D eigenvalue weighted by Gasteiger charge is -2.13. The molecule has 146 valence electrons. The van der Waals surface area contributed by atoms with Crippen molar-refractivity contribution in [1.29, 1.82) is 0 Å². The summed E-state index contributed by atoms with van der Waals surface area (Å²) in [5.74, 6) is 1.84. The fourth-order valence-corrected chi connectivity index (χ4v) is 3.03. The normalized spacial score (nSPS) is 10.2. The van der Waals surface area contributed by atoms with Crippen LogP contribution in [0.3, 0.4) is 0 Å². The Hall–Kier alpha value is -3.26. The van der Waals surface area contributed by atoms with Crippen LogP contribution in [0.1, 0.15) is 16.1 Å². The molecule has 1 amide bonds. The molecule has 0 bridgehead atoms. The molecule has 0 saturated heterocycles. The van der Waals surface area contributed by atoms with Crippen LogP contribution in [0.2, 0.25) is 0 Å². The number of methoxy groups -OCH3 is 3. The van der Waals surface area contributed by atoms with Gasteiger partial charge in [-0.25, -0.2) is 4.98 Å². The number of amides is 1. The second-order valence-corrected chi connectivity index (χ2v) is 6.37. The molecular formula is C20H20N2O5S. The zero-order valence-corrected chi connectivity index (χ0v) is 16.5. The first kappa shape index (κ1) is 19.5. The first-order valence-corrected chi connectivity index (χ1v) is 9.30. The molecule has 0 fully saturated rings. The number of nitrogens with zero attached hydrogens (tertiary/aromatic N) is 1. The van der Waals surface area contributed by atoms with E-state index in [1.54, 1.807) is 49.0 Å². The number of nitrogens with one attached hydrogen (secondary N) is 1. The average molecular weight is 400 g/mol. The minimum atomic E-state index is -0.298. The van der Waals surface area contributed by atoms with Crippen molar-refractivity contribution in [2.45, 2.75) is 6.61 Å². The van der Waals surface area contributed by atoms with Crippen LogP contribution in [-0.2, 0) is 6.61 Å². The molecule has 28 heavy (non-hydrogen) atoms. The third-order valence-corrected chi connectivity index (χ3v) is 4.58. The predicted octanol–water partition coefficient (Wildman–Crippen LogP) is 4.00. The monoisotopic (exact) mass is 400 g/mol. The fraction of sp³-hybridized carbons (Fsp3) is 0.200. The van der Waals surface area contributed by atoms with Crippen LogP contribution in [0.5, 0.6) is 23.0 Å². The van der Waals surface area contributed by atoms with E-state index in [1.807, 2.05) is 5.38 Å². The molecular weight excluding hydrogens is 380 g/mol. The summed E-state index contributed by atoms with van der Waals surface area (Å²) in [4.78, 5) is 16.8.